The topological polar surface area (TPSA) is 102 Å². The molecule has 2 N–H and O–H groups in total. The molecule has 8 nitrogen and oxygen atoms in total. The Kier molecular flexibility index (Phi) is 6.21. The van der Waals surface area contributed by atoms with E-state index in [0.717, 1.165) is 5.56 Å². The maximum atomic E-state index is 13.2. The Morgan fingerprint density at radius 1 is 1.03 bits per heavy atom. The van der Waals surface area contributed by atoms with Gasteiger partial charge in [-0.15, -0.1) is 0 Å². The first-order valence-corrected chi connectivity index (χ1v) is 8.98. The van der Waals surface area contributed by atoms with Gasteiger partial charge in [-0.1, -0.05) is 29.8 Å². The van der Waals surface area contributed by atoms with Gasteiger partial charge in [0.15, 0.2) is 6.61 Å². The van der Waals surface area contributed by atoms with E-state index in [0.29, 0.717) is 16.9 Å². The van der Waals surface area contributed by atoms with Crippen molar-refractivity contribution < 1.29 is 23.5 Å². The molecule has 0 aliphatic heterocycles. The van der Waals surface area contributed by atoms with Crippen LogP contribution in [0.25, 0.3) is 16.9 Å². The van der Waals surface area contributed by atoms with Crippen molar-refractivity contribution in [1.29, 1.82) is 0 Å². The highest BCUT2D eigenvalue weighted by Crippen LogP contribution is 2.25. The van der Waals surface area contributed by atoms with Crippen LogP contribution in [0.5, 0.6) is 0 Å². The van der Waals surface area contributed by atoms with Gasteiger partial charge in [0.2, 0.25) is 5.91 Å². The monoisotopic (exact) mass is 410 g/mol. The molecule has 2 aromatic carbocycles. The summed E-state index contributed by atoms with van der Waals surface area (Å²) >= 11 is 0. The van der Waals surface area contributed by atoms with Crippen LogP contribution in [0.4, 0.5) is 4.39 Å². The molecule has 0 saturated heterocycles. The van der Waals surface area contributed by atoms with Gasteiger partial charge < -0.3 is 4.74 Å². The lowest BCUT2D eigenvalue weighted by Crippen LogP contribution is -2.42. The molecule has 0 aliphatic rings. The molecule has 0 radical (unpaired) electrons. The van der Waals surface area contributed by atoms with E-state index in [-0.39, 0.29) is 5.56 Å². The van der Waals surface area contributed by atoms with Crippen LogP contribution in [0.2, 0.25) is 0 Å². The lowest BCUT2D eigenvalue weighted by molar-refractivity contribution is -0.129. The van der Waals surface area contributed by atoms with Crippen LogP contribution in [0.3, 0.4) is 0 Å². The maximum absolute atomic E-state index is 13.2. The number of ether oxygens (including phenoxy) is 1. The minimum Gasteiger partial charge on any atom is -0.452 e. The van der Waals surface area contributed by atoms with Crippen molar-refractivity contribution in [2.75, 3.05) is 6.61 Å². The zero-order valence-corrected chi connectivity index (χ0v) is 16.3. The predicted molar refractivity (Wildman–Crippen MR) is 106 cm³/mol. The number of hydrogen-bond donors (Lipinski definition) is 2. The molecule has 3 rings (SSSR count). The quantitative estimate of drug-likeness (QED) is 0.496. The highest BCUT2D eigenvalue weighted by molar-refractivity contribution is 5.97. The van der Waals surface area contributed by atoms with Crippen LogP contribution >= 0.6 is 0 Å². The fraction of sp³-hybridized carbons (Fsp3) is 0.143. The minimum atomic E-state index is -0.767. The molecule has 3 aromatic rings. The number of nitrogens with zero attached hydrogens (tertiary/aromatic N) is 2. The Hall–Kier alpha value is -4.01. The van der Waals surface area contributed by atoms with Gasteiger partial charge in [0.25, 0.3) is 5.91 Å². The fourth-order valence-corrected chi connectivity index (χ4v) is 2.58. The number of carbonyl (C=O) groups is 3. The summed E-state index contributed by atoms with van der Waals surface area (Å²) in [5.74, 6) is -2.32. The van der Waals surface area contributed by atoms with Crippen LogP contribution in [0, 0.1) is 12.7 Å². The van der Waals surface area contributed by atoms with Gasteiger partial charge in [-0.3, -0.25) is 20.4 Å². The van der Waals surface area contributed by atoms with Gasteiger partial charge in [0, 0.05) is 18.7 Å². The number of hydrogen-bond acceptors (Lipinski definition) is 5. The largest absolute Gasteiger partial charge is 0.452 e. The van der Waals surface area contributed by atoms with Crippen molar-refractivity contribution in [2.45, 2.75) is 13.8 Å². The average Bonchev–Trinajstić information content (AvgIpc) is 3.17. The SMILES string of the molecule is CC(=O)NNC(=O)COC(=O)c1cn(-c2ccc(F)cc2)nc1-c1ccc(C)cc1. The van der Waals surface area contributed by atoms with Crippen molar-refractivity contribution in [2.24, 2.45) is 0 Å². The molecule has 1 heterocycles. The maximum Gasteiger partial charge on any atom is 0.342 e. The molecule has 0 saturated carbocycles. The molecule has 30 heavy (non-hydrogen) atoms. The molecule has 0 unspecified atom stereocenters. The Balaban J connectivity index is 1.88. The molecule has 0 aliphatic carbocycles. The molecule has 0 fully saturated rings. The number of aryl methyl sites for hydroxylation is 1. The lowest BCUT2D eigenvalue weighted by Gasteiger charge is -2.06. The molecular weight excluding hydrogens is 391 g/mol. The first kappa shape index (κ1) is 20.7. The number of carbonyl (C=O) groups excluding carboxylic acids is 3. The normalized spacial score (nSPS) is 10.4. The summed E-state index contributed by atoms with van der Waals surface area (Å²) in [5, 5.41) is 4.45. The van der Waals surface area contributed by atoms with Crippen molar-refractivity contribution in [3.05, 3.63) is 71.7 Å². The number of nitrogens with one attached hydrogen (secondary N) is 2. The number of aromatic nitrogens is 2. The third-order valence-corrected chi connectivity index (χ3v) is 4.06. The summed E-state index contributed by atoms with van der Waals surface area (Å²) in [6.45, 7) is 2.57. The average molecular weight is 410 g/mol. The summed E-state index contributed by atoms with van der Waals surface area (Å²) < 4.78 is 19.7. The summed E-state index contributed by atoms with van der Waals surface area (Å²) in [5.41, 5.74) is 6.96. The van der Waals surface area contributed by atoms with E-state index in [1.165, 1.54) is 42.1 Å². The van der Waals surface area contributed by atoms with Gasteiger partial charge in [-0.2, -0.15) is 5.10 Å². The predicted octanol–water partition coefficient (Wildman–Crippen LogP) is 2.31. The van der Waals surface area contributed by atoms with Crippen LogP contribution in [0.15, 0.2) is 54.7 Å². The molecule has 0 atom stereocenters. The summed E-state index contributed by atoms with van der Waals surface area (Å²) in [4.78, 5) is 35.1. The summed E-state index contributed by atoms with van der Waals surface area (Å²) in [6, 6.07) is 13.0. The number of benzene rings is 2. The fourth-order valence-electron chi connectivity index (χ4n) is 2.58. The minimum absolute atomic E-state index is 0.135. The van der Waals surface area contributed by atoms with E-state index < -0.39 is 30.2 Å². The van der Waals surface area contributed by atoms with E-state index in [9.17, 15) is 18.8 Å². The number of rotatable bonds is 5. The Labute approximate surface area is 171 Å². The van der Waals surface area contributed by atoms with Crippen LogP contribution in [-0.2, 0) is 14.3 Å². The van der Waals surface area contributed by atoms with Gasteiger partial charge in [0.1, 0.15) is 17.1 Å². The molecular formula is C21H19FN4O4. The number of amides is 2. The summed E-state index contributed by atoms with van der Waals surface area (Å²) in [6.07, 6.45) is 1.45. The Bertz CT molecular complexity index is 1080. The number of hydrazine groups is 1. The van der Waals surface area contributed by atoms with Crippen LogP contribution in [0.1, 0.15) is 22.8 Å². The Morgan fingerprint density at radius 2 is 1.70 bits per heavy atom. The third-order valence-electron chi connectivity index (χ3n) is 4.06. The molecule has 0 bridgehead atoms. The Morgan fingerprint density at radius 3 is 2.33 bits per heavy atom. The van der Waals surface area contributed by atoms with E-state index in [2.05, 4.69) is 16.0 Å². The zero-order valence-electron chi connectivity index (χ0n) is 16.3. The van der Waals surface area contributed by atoms with E-state index in [1.807, 2.05) is 31.2 Å². The molecule has 154 valence electrons. The first-order chi connectivity index (χ1) is 14.3. The lowest BCUT2D eigenvalue weighted by atomic mass is 10.1. The highest BCUT2D eigenvalue weighted by Gasteiger charge is 2.21. The zero-order chi connectivity index (χ0) is 21.7. The standard InChI is InChI=1S/C21H19FN4O4/c1-13-3-5-15(6-4-13)20-18(21(29)30-12-19(28)24-23-14(2)27)11-26(25-20)17-9-7-16(22)8-10-17/h3-11H,12H2,1-2H3,(H,23,27)(H,24,28). The van der Waals surface area contributed by atoms with Crippen LogP contribution < -0.4 is 10.9 Å². The van der Waals surface area contributed by atoms with E-state index in [4.69, 9.17) is 4.74 Å². The van der Waals surface area contributed by atoms with Gasteiger partial charge >= 0.3 is 5.97 Å². The van der Waals surface area contributed by atoms with E-state index >= 15 is 0 Å². The van der Waals surface area contributed by atoms with Crippen molar-refractivity contribution in [1.82, 2.24) is 20.6 Å². The van der Waals surface area contributed by atoms with Crippen LogP contribution in [-0.4, -0.2) is 34.2 Å². The smallest absolute Gasteiger partial charge is 0.342 e. The van der Waals surface area contributed by atoms with Gasteiger partial charge in [-0.05, 0) is 31.2 Å². The first-order valence-electron chi connectivity index (χ1n) is 8.98. The highest BCUT2D eigenvalue weighted by atomic mass is 19.1. The van der Waals surface area contributed by atoms with Crippen molar-refractivity contribution in [3.63, 3.8) is 0 Å². The van der Waals surface area contributed by atoms with E-state index in [1.54, 1.807) is 0 Å². The molecule has 1 aromatic heterocycles. The summed E-state index contributed by atoms with van der Waals surface area (Å²) in [7, 11) is 0. The van der Waals surface area contributed by atoms with Gasteiger partial charge in [-0.25, -0.2) is 13.9 Å². The van der Waals surface area contributed by atoms with Gasteiger partial charge in [0.05, 0.1) is 5.69 Å². The number of esters is 1. The van der Waals surface area contributed by atoms with Crippen molar-refractivity contribution in [3.8, 4) is 16.9 Å². The molecule has 0 spiro atoms. The second-order valence-electron chi connectivity index (χ2n) is 6.48. The third kappa shape index (κ3) is 5.07. The molecule has 9 heteroatoms. The van der Waals surface area contributed by atoms with Crippen molar-refractivity contribution >= 4 is 17.8 Å². The number of halogens is 1. The second-order valence-corrected chi connectivity index (χ2v) is 6.48. The molecule has 2 amide bonds. The second kappa shape index (κ2) is 8.99.